The minimum absolute atomic E-state index is 0.106. The fraction of sp³-hybridized carbons (Fsp3) is 0.750. The first kappa shape index (κ1) is 12.9. The Labute approximate surface area is 84.2 Å². The molecular formula is C8H18N4O2. The maximum absolute atomic E-state index is 11.3. The van der Waals surface area contributed by atoms with E-state index in [1.807, 2.05) is 0 Å². The van der Waals surface area contributed by atoms with E-state index in [4.69, 9.17) is 0 Å². The van der Waals surface area contributed by atoms with Gasteiger partial charge in [0.05, 0.1) is 0 Å². The molecule has 2 amide bonds. The zero-order valence-corrected chi connectivity index (χ0v) is 9.13. The van der Waals surface area contributed by atoms with Crippen molar-refractivity contribution in [3.63, 3.8) is 0 Å². The molecule has 0 aromatic carbocycles. The quantitative estimate of drug-likeness (QED) is 0.558. The van der Waals surface area contributed by atoms with Gasteiger partial charge in [0, 0.05) is 41.0 Å². The Morgan fingerprint density at radius 2 is 1.21 bits per heavy atom. The molecule has 0 rings (SSSR count). The van der Waals surface area contributed by atoms with Crippen LogP contribution >= 0.6 is 0 Å². The lowest BCUT2D eigenvalue weighted by atomic mass is 10.3. The van der Waals surface area contributed by atoms with Crippen molar-refractivity contribution in [2.24, 2.45) is 0 Å². The largest absolute Gasteiger partial charge is 0.281 e. The Balaban J connectivity index is 3.83. The Kier molecular flexibility index (Phi) is 5.82. The van der Waals surface area contributed by atoms with Crippen molar-refractivity contribution in [2.45, 2.75) is 12.8 Å². The molecule has 0 heterocycles. The fourth-order valence-corrected chi connectivity index (χ4v) is 0.799. The van der Waals surface area contributed by atoms with Crippen LogP contribution in [0.4, 0.5) is 0 Å². The number of hydrogen-bond donors (Lipinski definition) is 2. The van der Waals surface area contributed by atoms with E-state index in [1.165, 1.54) is 10.0 Å². The average Bonchev–Trinajstić information content (AvgIpc) is 2.22. The van der Waals surface area contributed by atoms with Crippen LogP contribution in [0.1, 0.15) is 12.8 Å². The third-order valence-corrected chi connectivity index (χ3v) is 1.97. The highest BCUT2D eigenvalue weighted by molar-refractivity contribution is 5.83. The fourth-order valence-electron chi connectivity index (χ4n) is 0.799. The summed E-state index contributed by atoms with van der Waals surface area (Å²) in [6.07, 6.45) is 0.421. The molecule has 14 heavy (non-hydrogen) atoms. The van der Waals surface area contributed by atoms with E-state index in [-0.39, 0.29) is 24.7 Å². The zero-order chi connectivity index (χ0) is 11.1. The Bertz CT molecular complexity index is 186. The van der Waals surface area contributed by atoms with Gasteiger partial charge >= 0.3 is 0 Å². The molecule has 6 nitrogen and oxygen atoms in total. The van der Waals surface area contributed by atoms with Gasteiger partial charge in [-0.05, 0) is 0 Å². The van der Waals surface area contributed by atoms with Crippen LogP contribution in [-0.2, 0) is 9.59 Å². The summed E-state index contributed by atoms with van der Waals surface area (Å²) < 4.78 is 0. The first-order chi connectivity index (χ1) is 6.52. The first-order valence-corrected chi connectivity index (χ1v) is 4.40. The summed E-state index contributed by atoms with van der Waals surface area (Å²) >= 11 is 0. The maximum atomic E-state index is 11.3. The number of nitrogens with one attached hydrogen (secondary N) is 2. The van der Waals surface area contributed by atoms with E-state index >= 15 is 0 Å². The Morgan fingerprint density at radius 3 is 1.43 bits per heavy atom. The summed E-state index contributed by atoms with van der Waals surface area (Å²) in [6, 6.07) is 0. The molecule has 0 bridgehead atoms. The molecule has 0 aliphatic rings. The summed E-state index contributed by atoms with van der Waals surface area (Å²) in [6.45, 7) is 0. The van der Waals surface area contributed by atoms with Gasteiger partial charge in [-0.2, -0.15) is 0 Å². The van der Waals surface area contributed by atoms with Crippen LogP contribution in [0.15, 0.2) is 0 Å². The number of carbonyl (C=O) groups excluding carboxylic acids is 2. The lowest BCUT2D eigenvalue weighted by molar-refractivity contribution is -0.138. The lowest BCUT2D eigenvalue weighted by Gasteiger charge is -2.17. The molecule has 0 radical (unpaired) electrons. The SMILES string of the molecule is CNN(C)C(=O)CCC(=O)N(C)NC. The highest BCUT2D eigenvalue weighted by Crippen LogP contribution is 1.95. The zero-order valence-electron chi connectivity index (χ0n) is 9.13. The molecule has 0 atom stereocenters. The van der Waals surface area contributed by atoms with E-state index < -0.39 is 0 Å². The summed E-state index contributed by atoms with van der Waals surface area (Å²) in [5.74, 6) is -0.212. The van der Waals surface area contributed by atoms with E-state index in [1.54, 1.807) is 28.2 Å². The van der Waals surface area contributed by atoms with E-state index in [9.17, 15) is 9.59 Å². The van der Waals surface area contributed by atoms with Crippen LogP contribution < -0.4 is 10.9 Å². The van der Waals surface area contributed by atoms with Gasteiger partial charge in [0.25, 0.3) is 0 Å². The van der Waals surface area contributed by atoms with Crippen LogP contribution in [0.2, 0.25) is 0 Å². The lowest BCUT2D eigenvalue weighted by Crippen LogP contribution is -2.39. The highest BCUT2D eigenvalue weighted by atomic mass is 16.2. The molecule has 2 N–H and O–H groups in total. The van der Waals surface area contributed by atoms with Crippen LogP contribution in [0, 0.1) is 0 Å². The summed E-state index contributed by atoms with van der Waals surface area (Å²) in [7, 11) is 6.54. The molecule has 0 saturated heterocycles. The molecular weight excluding hydrogens is 184 g/mol. The van der Waals surface area contributed by atoms with Crippen LogP contribution in [0.3, 0.4) is 0 Å². The average molecular weight is 202 g/mol. The van der Waals surface area contributed by atoms with Gasteiger partial charge in [0.2, 0.25) is 11.8 Å². The van der Waals surface area contributed by atoms with Gasteiger partial charge in [0.15, 0.2) is 0 Å². The molecule has 82 valence electrons. The van der Waals surface area contributed by atoms with E-state index in [2.05, 4.69) is 10.9 Å². The molecule has 0 aliphatic heterocycles. The number of rotatable bonds is 5. The molecule has 0 saturated carbocycles. The maximum Gasteiger partial charge on any atom is 0.236 e. The van der Waals surface area contributed by atoms with Crippen LogP contribution in [0.25, 0.3) is 0 Å². The van der Waals surface area contributed by atoms with Crippen molar-refractivity contribution >= 4 is 11.8 Å². The van der Waals surface area contributed by atoms with Gasteiger partial charge in [-0.25, -0.2) is 10.9 Å². The molecule has 0 aromatic rings. The van der Waals surface area contributed by atoms with Crippen molar-refractivity contribution < 1.29 is 9.59 Å². The summed E-state index contributed by atoms with van der Waals surface area (Å²) in [5, 5.41) is 2.71. The minimum atomic E-state index is -0.106. The van der Waals surface area contributed by atoms with Crippen molar-refractivity contribution in [1.82, 2.24) is 20.9 Å². The van der Waals surface area contributed by atoms with E-state index in [0.29, 0.717) is 0 Å². The normalized spacial score (nSPS) is 9.71. The van der Waals surface area contributed by atoms with Crippen molar-refractivity contribution in [2.75, 3.05) is 28.2 Å². The number of hydrogen-bond acceptors (Lipinski definition) is 4. The van der Waals surface area contributed by atoms with Crippen molar-refractivity contribution in [3.05, 3.63) is 0 Å². The minimum Gasteiger partial charge on any atom is -0.281 e. The monoisotopic (exact) mass is 202 g/mol. The van der Waals surface area contributed by atoms with Crippen LogP contribution in [0.5, 0.6) is 0 Å². The Hall–Kier alpha value is -1.14. The van der Waals surface area contributed by atoms with Gasteiger partial charge in [-0.1, -0.05) is 0 Å². The highest BCUT2D eigenvalue weighted by Gasteiger charge is 2.12. The number of nitrogens with zero attached hydrogens (tertiary/aromatic N) is 2. The first-order valence-electron chi connectivity index (χ1n) is 4.40. The molecule has 0 fully saturated rings. The third-order valence-electron chi connectivity index (χ3n) is 1.97. The molecule has 0 aromatic heterocycles. The Morgan fingerprint density at radius 1 is 0.929 bits per heavy atom. The number of hydrazine groups is 2. The molecule has 0 aliphatic carbocycles. The molecule has 6 heteroatoms. The summed E-state index contributed by atoms with van der Waals surface area (Å²) in [5.41, 5.74) is 5.35. The third kappa shape index (κ3) is 4.20. The topological polar surface area (TPSA) is 64.7 Å². The van der Waals surface area contributed by atoms with Gasteiger partial charge in [-0.3, -0.25) is 19.6 Å². The second-order valence-corrected chi connectivity index (χ2v) is 2.85. The second kappa shape index (κ2) is 6.33. The van der Waals surface area contributed by atoms with Gasteiger partial charge in [0.1, 0.15) is 0 Å². The predicted octanol–water partition coefficient (Wildman–Crippen LogP) is -1.05. The van der Waals surface area contributed by atoms with Crippen LogP contribution in [-0.4, -0.2) is 50.0 Å². The number of carbonyl (C=O) groups is 2. The van der Waals surface area contributed by atoms with Crippen molar-refractivity contribution in [3.8, 4) is 0 Å². The van der Waals surface area contributed by atoms with Crippen molar-refractivity contribution in [1.29, 1.82) is 0 Å². The van der Waals surface area contributed by atoms with Gasteiger partial charge in [-0.15, -0.1) is 0 Å². The second-order valence-electron chi connectivity index (χ2n) is 2.85. The standard InChI is InChI=1S/C8H18N4O2/c1-9-11(3)7(13)5-6-8(14)12(4)10-2/h9-10H,5-6H2,1-4H3. The predicted molar refractivity (Wildman–Crippen MR) is 52.9 cm³/mol. The number of amides is 2. The molecule has 0 unspecified atom stereocenters. The van der Waals surface area contributed by atoms with E-state index in [0.717, 1.165) is 0 Å². The smallest absolute Gasteiger partial charge is 0.236 e. The summed E-state index contributed by atoms with van der Waals surface area (Å²) in [4.78, 5) is 22.5. The van der Waals surface area contributed by atoms with Gasteiger partial charge < -0.3 is 0 Å². The molecule has 0 spiro atoms.